The van der Waals surface area contributed by atoms with Crippen molar-refractivity contribution in [2.45, 2.75) is 39.5 Å². The zero-order valence-corrected chi connectivity index (χ0v) is 12.0. The van der Waals surface area contributed by atoms with Crippen LogP contribution in [0.25, 0.3) is 0 Å². The van der Waals surface area contributed by atoms with Crippen molar-refractivity contribution in [3.8, 4) is 0 Å². The third-order valence-corrected chi connectivity index (χ3v) is 3.99. The van der Waals surface area contributed by atoms with E-state index in [9.17, 15) is 4.79 Å². The molecule has 0 saturated carbocycles. The van der Waals surface area contributed by atoms with E-state index in [1.165, 1.54) is 24.0 Å². The first kappa shape index (κ1) is 13.9. The van der Waals surface area contributed by atoms with E-state index in [-0.39, 0.29) is 5.91 Å². The van der Waals surface area contributed by atoms with Crippen molar-refractivity contribution in [3.05, 3.63) is 29.3 Å². The zero-order valence-electron chi connectivity index (χ0n) is 12.0. The number of hydrogen-bond donors (Lipinski definition) is 1. The quantitative estimate of drug-likeness (QED) is 0.905. The molecule has 104 valence electrons. The first-order valence-electron chi connectivity index (χ1n) is 7.26. The minimum absolute atomic E-state index is 0.225. The Bertz CT molecular complexity index is 434. The highest BCUT2D eigenvalue weighted by Gasteiger charge is 2.15. The summed E-state index contributed by atoms with van der Waals surface area (Å²) in [6, 6.07) is 6.16. The Balaban J connectivity index is 1.90. The number of aryl methyl sites for hydroxylation is 1. The lowest BCUT2D eigenvalue weighted by atomic mass is 10.1. The molecule has 1 aliphatic rings. The summed E-state index contributed by atoms with van der Waals surface area (Å²) in [6.07, 6.45) is 4.81. The van der Waals surface area contributed by atoms with Crippen LogP contribution in [-0.4, -0.2) is 30.4 Å². The highest BCUT2D eigenvalue weighted by Crippen LogP contribution is 2.18. The van der Waals surface area contributed by atoms with Crippen LogP contribution in [0.3, 0.4) is 0 Å². The largest absolute Gasteiger partial charge is 0.376 e. The number of nitrogens with one attached hydrogen (secondary N) is 1. The van der Waals surface area contributed by atoms with Gasteiger partial charge in [0.25, 0.3) is 0 Å². The Hall–Kier alpha value is -1.51. The fourth-order valence-corrected chi connectivity index (χ4v) is 2.55. The molecule has 1 heterocycles. The second kappa shape index (κ2) is 6.60. The van der Waals surface area contributed by atoms with Crippen LogP contribution in [0, 0.1) is 13.8 Å². The van der Waals surface area contributed by atoms with Crippen molar-refractivity contribution in [1.82, 2.24) is 4.90 Å². The maximum absolute atomic E-state index is 12.2. The van der Waals surface area contributed by atoms with Gasteiger partial charge in [0.05, 0.1) is 6.54 Å². The average molecular weight is 260 g/mol. The first-order chi connectivity index (χ1) is 9.18. The van der Waals surface area contributed by atoms with Gasteiger partial charge in [-0.15, -0.1) is 0 Å². The van der Waals surface area contributed by atoms with Crippen LogP contribution in [0.15, 0.2) is 18.2 Å². The molecule has 0 radical (unpaired) electrons. The summed E-state index contributed by atoms with van der Waals surface area (Å²) in [5, 5.41) is 3.28. The lowest BCUT2D eigenvalue weighted by Crippen LogP contribution is -2.36. The molecule has 3 heteroatoms. The van der Waals surface area contributed by atoms with Gasteiger partial charge < -0.3 is 10.2 Å². The van der Waals surface area contributed by atoms with Crippen molar-refractivity contribution in [1.29, 1.82) is 0 Å². The Morgan fingerprint density at radius 1 is 1.16 bits per heavy atom. The number of carbonyl (C=O) groups is 1. The van der Waals surface area contributed by atoms with Gasteiger partial charge in [-0.3, -0.25) is 4.79 Å². The second-order valence-corrected chi connectivity index (χ2v) is 5.40. The molecule has 0 unspecified atom stereocenters. The Labute approximate surface area is 116 Å². The van der Waals surface area contributed by atoms with Gasteiger partial charge in [-0.2, -0.15) is 0 Å². The standard InChI is InChI=1S/C16H24N2O/c1-13-8-7-9-15(14(13)2)17-12-16(19)18-10-5-3-4-6-11-18/h7-9,17H,3-6,10-12H2,1-2H3. The highest BCUT2D eigenvalue weighted by atomic mass is 16.2. The monoisotopic (exact) mass is 260 g/mol. The summed E-state index contributed by atoms with van der Waals surface area (Å²) in [5.74, 6) is 0.225. The van der Waals surface area contributed by atoms with E-state index in [0.29, 0.717) is 6.54 Å². The number of benzene rings is 1. The molecule has 0 bridgehead atoms. The summed E-state index contributed by atoms with van der Waals surface area (Å²) < 4.78 is 0. The van der Waals surface area contributed by atoms with Gasteiger partial charge in [-0.05, 0) is 43.9 Å². The van der Waals surface area contributed by atoms with Gasteiger partial charge >= 0.3 is 0 Å². The molecule has 1 saturated heterocycles. The minimum Gasteiger partial charge on any atom is -0.376 e. The van der Waals surface area contributed by atoms with E-state index in [4.69, 9.17) is 0 Å². The van der Waals surface area contributed by atoms with E-state index in [1.807, 2.05) is 17.0 Å². The highest BCUT2D eigenvalue weighted by molar-refractivity contribution is 5.81. The number of likely N-dealkylation sites (tertiary alicyclic amines) is 1. The summed E-state index contributed by atoms with van der Waals surface area (Å²) in [5.41, 5.74) is 3.56. The van der Waals surface area contributed by atoms with Crippen molar-refractivity contribution in [3.63, 3.8) is 0 Å². The molecular weight excluding hydrogens is 236 g/mol. The zero-order chi connectivity index (χ0) is 13.7. The van der Waals surface area contributed by atoms with Crippen LogP contribution in [-0.2, 0) is 4.79 Å². The molecular formula is C16H24N2O. The van der Waals surface area contributed by atoms with E-state index < -0.39 is 0 Å². The molecule has 0 atom stereocenters. The Kier molecular flexibility index (Phi) is 4.83. The third-order valence-electron chi connectivity index (χ3n) is 3.99. The number of nitrogens with zero attached hydrogens (tertiary/aromatic N) is 1. The number of rotatable bonds is 3. The minimum atomic E-state index is 0.225. The summed E-state index contributed by atoms with van der Waals surface area (Å²) >= 11 is 0. The maximum Gasteiger partial charge on any atom is 0.241 e. The maximum atomic E-state index is 12.2. The van der Waals surface area contributed by atoms with Crippen LogP contribution in [0.4, 0.5) is 5.69 Å². The van der Waals surface area contributed by atoms with E-state index >= 15 is 0 Å². The van der Waals surface area contributed by atoms with Crippen LogP contribution >= 0.6 is 0 Å². The molecule has 1 fully saturated rings. The predicted molar refractivity (Wildman–Crippen MR) is 79.5 cm³/mol. The van der Waals surface area contributed by atoms with Crippen LogP contribution in [0.5, 0.6) is 0 Å². The average Bonchev–Trinajstić information content (AvgIpc) is 2.69. The van der Waals surface area contributed by atoms with Crippen molar-refractivity contribution >= 4 is 11.6 Å². The molecule has 1 amide bonds. The summed E-state index contributed by atoms with van der Waals surface area (Å²) in [7, 11) is 0. The van der Waals surface area contributed by atoms with Crippen LogP contribution < -0.4 is 5.32 Å². The normalized spacial score (nSPS) is 16.0. The van der Waals surface area contributed by atoms with Crippen molar-refractivity contribution in [2.24, 2.45) is 0 Å². The second-order valence-electron chi connectivity index (χ2n) is 5.40. The van der Waals surface area contributed by atoms with Gasteiger partial charge in [0, 0.05) is 18.8 Å². The van der Waals surface area contributed by atoms with Gasteiger partial charge in [0.15, 0.2) is 0 Å². The van der Waals surface area contributed by atoms with E-state index in [2.05, 4.69) is 25.2 Å². The van der Waals surface area contributed by atoms with Gasteiger partial charge in [0.1, 0.15) is 0 Å². The fourth-order valence-electron chi connectivity index (χ4n) is 2.55. The molecule has 0 aromatic heterocycles. The number of carbonyl (C=O) groups excluding carboxylic acids is 1. The lowest BCUT2D eigenvalue weighted by Gasteiger charge is -2.21. The van der Waals surface area contributed by atoms with E-state index in [0.717, 1.165) is 31.6 Å². The molecule has 0 spiro atoms. The molecule has 1 N–H and O–H groups in total. The third kappa shape index (κ3) is 3.72. The Morgan fingerprint density at radius 3 is 2.53 bits per heavy atom. The van der Waals surface area contributed by atoms with Gasteiger partial charge in [0.2, 0.25) is 5.91 Å². The smallest absolute Gasteiger partial charge is 0.241 e. The van der Waals surface area contributed by atoms with Gasteiger partial charge in [-0.25, -0.2) is 0 Å². The van der Waals surface area contributed by atoms with Gasteiger partial charge in [-0.1, -0.05) is 25.0 Å². The van der Waals surface area contributed by atoms with Crippen molar-refractivity contribution in [2.75, 3.05) is 25.0 Å². The van der Waals surface area contributed by atoms with Crippen molar-refractivity contribution < 1.29 is 4.79 Å². The SMILES string of the molecule is Cc1cccc(NCC(=O)N2CCCCCC2)c1C. The predicted octanol–water partition coefficient (Wildman–Crippen LogP) is 3.12. The number of anilines is 1. The molecule has 19 heavy (non-hydrogen) atoms. The molecule has 3 nitrogen and oxygen atoms in total. The molecule has 1 aliphatic heterocycles. The van der Waals surface area contributed by atoms with Crippen LogP contribution in [0.2, 0.25) is 0 Å². The van der Waals surface area contributed by atoms with E-state index in [1.54, 1.807) is 0 Å². The topological polar surface area (TPSA) is 32.3 Å². The number of amides is 1. The lowest BCUT2D eigenvalue weighted by molar-refractivity contribution is -0.129. The first-order valence-corrected chi connectivity index (χ1v) is 7.26. The molecule has 2 rings (SSSR count). The summed E-state index contributed by atoms with van der Waals surface area (Å²) in [6.45, 7) is 6.44. The van der Waals surface area contributed by atoms with Crippen LogP contribution in [0.1, 0.15) is 36.8 Å². The fraction of sp³-hybridized carbons (Fsp3) is 0.562. The molecule has 1 aromatic carbocycles. The molecule has 1 aromatic rings. The number of hydrogen-bond acceptors (Lipinski definition) is 2. The Morgan fingerprint density at radius 2 is 1.84 bits per heavy atom. The molecule has 0 aliphatic carbocycles. The summed E-state index contributed by atoms with van der Waals surface area (Å²) in [4.78, 5) is 14.2.